The molecule has 0 atom stereocenters. The quantitative estimate of drug-likeness (QED) is 0.628. The molecular formula is C13H16F4N2. The first-order valence-electron chi connectivity index (χ1n) is 6.17. The number of rotatable bonds is 1. The zero-order chi connectivity index (χ0) is 14.2. The van der Waals surface area contributed by atoms with Gasteiger partial charge in [-0.1, -0.05) is 0 Å². The van der Waals surface area contributed by atoms with Gasteiger partial charge in [0, 0.05) is 24.3 Å². The molecule has 1 aliphatic rings. The summed E-state index contributed by atoms with van der Waals surface area (Å²) in [6.07, 6.45) is -4.03. The van der Waals surface area contributed by atoms with Crippen LogP contribution in [0.15, 0.2) is 12.1 Å². The van der Waals surface area contributed by atoms with E-state index in [1.807, 2.05) is 0 Å². The Morgan fingerprint density at radius 1 is 1.21 bits per heavy atom. The molecule has 19 heavy (non-hydrogen) atoms. The van der Waals surface area contributed by atoms with E-state index in [0.29, 0.717) is 11.3 Å². The van der Waals surface area contributed by atoms with Gasteiger partial charge in [0.2, 0.25) is 0 Å². The van der Waals surface area contributed by atoms with Crippen LogP contribution in [0.1, 0.15) is 18.4 Å². The van der Waals surface area contributed by atoms with Crippen LogP contribution in [0.2, 0.25) is 0 Å². The molecule has 1 saturated heterocycles. The first kappa shape index (κ1) is 14.0. The van der Waals surface area contributed by atoms with E-state index < -0.39 is 17.9 Å². The standard InChI is InChI=1S/C13H16F4N2/c1-8-11(3-2-10(18)12(8)14)19-6-4-9(5-7-19)13(15,16)17/h2-3,9H,4-7,18H2,1H3. The second-order valence-corrected chi connectivity index (χ2v) is 4.92. The molecule has 0 radical (unpaired) electrons. The molecule has 1 heterocycles. The van der Waals surface area contributed by atoms with Crippen molar-refractivity contribution in [3.8, 4) is 0 Å². The van der Waals surface area contributed by atoms with Crippen molar-refractivity contribution < 1.29 is 17.6 Å². The van der Waals surface area contributed by atoms with Crippen LogP contribution in [0.5, 0.6) is 0 Å². The number of nitrogen functional groups attached to an aromatic ring is 1. The number of anilines is 2. The van der Waals surface area contributed by atoms with E-state index in [9.17, 15) is 17.6 Å². The molecule has 0 bridgehead atoms. The second-order valence-electron chi connectivity index (χ2n) is 4.92. The summed E-state index contributed by atoms with van der Waals surface area (Å²) in [7, 11) is 0. The molecule has 1 aliphatic heterocycles. The highest BCUT2D eigenvalue weighted by atomic mass is 19.4. The number of piperidine rings is 1. The molecule has 0 aliphatic carbocycles. The molecule has 0 unspecified atom stereocenters. The Balaban J connectivity index is 2.12. The van der Waals surface area contributed by atoms with Crippen LogP contribution in [0, 0.1) is 18.7 Å². The summed E-state index contributed by atoms with van der Waals surface area (Å²) in [5, 5.41) is 0. The van der Waals surface area contributed by atoms with E-state index in [1.54, 1.807) is 17.9 Å². The van der Waals surface area contributed by atoms with Gasteiger partial charge in [0.15, 0.2) is 5.82 Å². The molecular weight excluding hydrogens is 260 g/mol. The predicted octanol–water partition coefficient (Wildman–Crippen LogP) is 3.50. The summed E-state index contributed by atoms with van der Waals surface area (Å²) >= 11 is 0. The third-order valence-electron chi connectivity index (χ3n) is 3.69. The molecule has 0 amide bonds. The highest BCUT2D eigenvalue weighted by Gasteiger charge is 2.41. The van der Waals surface area contributed by atoms with Gasteiger partial charge in [0.1, 0.15) is 0 Å². The lowest BCUT2D eigenvalue weighted by molar-refractivity contribution is -0.179. The summed E-state index contributed by atoms with van der Waals surface area (Å²) in [5.41, 5.74) is 6.54. The molecule has 2 nitrogen and oxygen atoms in total. The smallest absolute Gasteiger partial charge is 0.391 e. The monoisotopic (exact) mass is 276 g/mol. The predicted molar refractivity (Wildman–Crippen MR) is 66.5 cm³/mol. The average molecular weight is 276 g/mol. The van der Waals surface area contributed by atoms with Crippen LogP contribution >= 0.6 is 0 Å². The maximum atomic E-state index is 13.7. The lowest BCUT2D eigenvalue weighted by atomic mass is 9.95. The number of benzene rings is 1. The first-order chi connectivity index (χ1) is 8.80. The minimum Gasteiger partial charge on any atom is -0.396 e. The van der Waals surface area contributed by atoms with E-state index in [1.165, 1.54) is 6.07 Å². The van der Waals surface area contributed by atoms with Gasteiger partial charge in [-0.15, -0.1) is 0 Å². The Bertz CT molecular complexity index is 462. The third-order valence-corrected chi connectivity index (χ3v) is 3.69. The number of alkyl halides is 3. The fraction of sp³-hybridized carbons (Fsp3) is 0.538. The van der Waals surface area contributed by atoms with Crippen LogP contribution < -0.4 is 10.6 Å². The van der Waals surface area contributed by atoms with E-state index in [2.05, 4.69) is 0 Å². The minimum atomic E-state index is -4.13. The normalized spacial score (nSPS) is 17.8. The van der Waals surface area contributed by atoms with Crippen molar-refractivity contribution in [3.63, 3.8) is 0 Å². The molecule has 2 rings (SSSR count). The summed E-state index contributed by atoms with van der Waals surface area (Å²) < 4.78 is 51.4. The van der Waals surface area contributed by atoms with Crippen LogP contribution in [-0.2, 0) is 0 Å². The molecule has 2 N–H and O–H groups in total. The van der Waals surface area contributed by atoms with Crippen molar-refractivity contribution in [2.24, 2.45) is 5.92 Å². The largest absolute Gasteiger partial charge is 0.396 e. The molecule has 1 aromatic carbocycles. The van der Waals surface area contributed by atoms with Crippen molar-refractivity contribution in [3.05, 3.63) is 23.5 Å². The Kier molecular flexibility index (Phi) is 3.60. The fourth-order valence-electron chi connectivity index (χ4n) is 2.49. The maximum absolute atomic E-state index is 13.7. The fourth-order valence-corrected chi connectivity index (χ4v) is 2.49. The molecule has 1 aromatic rings. The first-order valence-corrected chi connectivity index (χ1v) is 6.17. The highest BCUT2D eigenvalue weighted by Crippen LogP contribution is 2.36. The van der Waals surface area contributed by atoms with Crippen LogP contribution in [0.4, 0.5) is 28.9 Å². The van der Waals surface area contributed by atoms with Gasteiger partial charge >= 0.3 is 6.18 Å². The van der Waals surface area contributed by atoms with Crippen molar-refractivity contribution in [1.29, 1.82) is 0 Å². The van der Waals surface area contributed by atoms with E-state index in [-0.39, 0.29) is 31.6 Å². The Morgan fingerprint density at radius 2 is 1.79 bits per heavy atom. The lowest BCUT2D eigenvalue weighted by Gasteiger charge is -2.35. The number of hydrogen-bond acceptors (Lipinski definition) is 2. The van der Waals surface area contributed by atoms with Gasteiger partial charge in [-0.05, 0) is 31.9 Å². The van der Waals surface area contributed by atoms with Crippen LogP contribution in [-0.4, -0.2) is 19.3 Å². The molecule has 0 aromatic heterocycles. The van der Waals surface area contributed by atoms with Gasteiger partial charge in [-0.2, -0.15) is 13.2 Å². The maximum Gasteiger partial charge on any atom is 0.391 e. The van der Waals surface area contributed by atoms with Gasteiger partial charge in [0.25, 0.3) is 0 Å². The Labute approximate surface area is 109 Å². The minimum absolute atomic E-state index is 0.0505. The molecule has 106 valence electrons. The summed E-state index contributed by atoms with van der Waals surface area (Å²) in [4.78, 5) is 1.79. The molecule has 0 spiro atoms. The number of nitrogens with two attached hydrogens (primary N) is 1. The van der Waals surface area contributed by atoms with Gasteiger partial charge in [0.05, 0.1) is 11.6 Å². The topological polar surface area (TPSA) is 29.3 Å². The zero-order valence-electron chi connectivity index (χ0n) is 10.6. The van der Waals surface area contributed by atoms with Gasteiger partial charge in [-0.25, -0.2) is 4.39 Å². The van der Waals surface area contributed by atoms with E-state index >= 15 is 0 Å². The van der Waals surface area contributed by atoms with Gasteiger partial charge in [-0.3, -0.25) is 0 Å². The third kappa shape index (κ3) is 2.77. The van der Waals surface area contributed by atoms with E-state index in [4.69, 9.17) is 5.73 Å². The van der Waals surface area contributed by atoms with Crippen molar-refractivity contribution in [2.45, 2.75) is 25.9 Å². The van der Waals surface area contributed by atoms with Crippen molar-refractivity contribution in [2.75, 3.05) is 23.7 Å². The molecule has 0 saturated carbocycles. The van der Waals surface area contributed by atoms with Crippen molar-refractivity contribution in [1.82, 2.24) is 0 Å². The summed E-state index contributed by atoms with van der Waals surface area (Å²) in [5.74, 6) is -1.74. The number of hydrogen-bond donors (Lipinski definition) is 1. The van der Waals surface area contributed by atoms with Crippen LogP contribution in [0.3, 0.4) is 0 Å². The van der Waals surface area contributed by atoms with E-state index in [0.717, 1.165) is 0 Å². The highest BCUT2D eigenvalue weighted by molar-refractivity contribution is 5.60. The SMILES string of the molecule is Cc1c(N2CCC(C(F)(F)F)CC2)ccc(N)c1F. The molecule has 1 fully saturated rings. The van der Waals surface area contributed by atoms with Crippen LogP contribution in [0.25, 0.3) is 0 Å². The molecule has 6 heteroatoms. The number of nitrogens with zero attached hydrogens (tertiary/aromatic N) is 1. The second kappa shape index (κ2) is 4.90. The average Bonchev–Trinajstić information content (AvgIpc) is 2.35. The summed E-state index contributed by atoms with van der Waals surface area (Å²) in [6, 6.07) is 3.12. The zero-order valence-corrected chi connectivity index (χ0v) is 10.6. The van der Waals surface area contributed by atoms with Gasteiger partial charge < -0.3 is 10.6 Å². The lowest BCUT2D eigenvalue weighted by Crippen LogP contribution is -2.39. The Morgan fingerprint density at radius 3 is 2.32 bits per heavy atom. The number of halogens is 4. The Hall–Kier alpha value is -1.46. The summed E-state index contributed by atoms with van der Waals surface area (Å²) in [6.45, 7) is 2.17. The van der Waals surface area contributed by atoms with Crippen molar-refractivity contribution >= 4 is 11.4 Å².